The lowest BCUT2D eigenvalue weighted by atomic mass is 10.2. The van der Waals surface area contributed by atoms with Crippen LogP contribution in [-0.2, 0) is 0 Å². The van der Waals surface area contributed by atoms with Gasteiger partial charge in [0, 0.05) is 42.8 Å². The van der Waals surface area contributed by atoms with Crippen LogP contribution in [0, 0.1) is 10.1 Å². The maximum Gasteiger partial charge on any atom is 0.270 e. The molecule has 1 aliphatic rings. The van der Waals surface area contributed by atoms with Crippen molar-refractivity contribution < 1.29 is 4.92 Å². The van der Waals surface area contributed by atoms with Crippen molar-refractivity contribution in [1.29, 1.82) is 0 Å². The highest BCUT2D eigenvalue weighted by molar-refractivity contribution is 9.10. The maximum absolute atomic E-state index is 10.9. The van der Waals surface area contributed by atoms with Crippen molar-refractivity contribution in [3.05, 3.63) is 50.6 Å². The Morgan fingerprint density at radius 1 is 1.12 bits per heavy atom. The van der Waals surface area contributed by atoms with Gasteiger partial charge in [-0.15, -0.1) is 11.3 Å². The predicted octanol–water partition coefficient (Wildman–Crippen LogP) is 3.69. The normalized spacial score (nSPS) is 14.9. The van der Waals surface area contributed by atoms with Crippen LogP contribution in [0.25, 0.3) is 10.2 Å². The SMILES string of the molecule is O=[N+]([O-])c1ccc(N2CCN(c3ncnc4sccc34)CC2)c(Br)c1. The van der Waals surface area contributed by atoms with E-state index < -0.39 is 0 Å². The Kier molecular flexibility index (Phi) is 4.26. The largest absolute Gasteiger partial charge is 0.367 e. The molecule has 4 rings (SSSR count). The van der Waals surface area contributed by atoms with Gasteiger partial charge >= 0.3 is 0 Å². The molecule has 1 aromatic carbocycles. The summed E-state index contributed by atoms with van der Waals surface area (Å²) < 4.78 is 0.748. The summed E-state index contributed by atoms with van der Waals surface area (Å²) in [4.78, 5) is 24.8. The fourth-order valence-electron chi connectivity index (χ4n) is 3.05. The second-order valence-corrected chi connectivity index (χ2v) is 7.45. The number of hydrogen-bond donors (Lipinski definition) is 0. The Labute approximate surface area is 156 Å². The topological polar surface area (TPSA) is 75.4 Å². The number of benzene rings is 1. The zero-order valence-electron chi connectivity index (χ0n) is 13.1. The van der Waals surface area contributed by atoms with Crippen molar-refractivity contribution in [1.82, 2.24) is 9.97 Å². The molecule has 0 spiro atoms. The average molecular weight is 420 g/mol. The average Bonchev–Trinajstić information content (AvgIpc) is 3.10. The molecule has 0 unspecified atom stereocenters. The molecule has 0 aliphatic carbocycles. The van der Waals surface area contributed by atoms with Crippen LogP contribution in [0.5, 0.6) is 0 Å². The van der Waals surface area contributed by atoms with E-state index in [0.29, 0.717) is 0 Å². The first-order valence-corrected chi connectivity index (χ1v) is 9.43. The highest BCUT2D eigenvalue weighted by Gasteiger charge is 2.22. The Morgan fingerprint density at radius 2 is 1.88 bits per heavy atom. The lowest BCUT2D eigenvalue weighted by molar-refractivity contribution is -0.384. The minimum absolute atomic E-state index is 0.0927. The van der Waals surface area contributed by atoms with E-state index in [1.807, 2.05) is 5.38 Å². The third-order valence-corrected chi connectivity index (χ3v) is 5.76. The standard InChI is InChI=1S/C16H14BrN5O2S/c17-13-9-11(22(23)24)1-2-14(13)20-4-6-21(7-5-20)15-12-3-8-25-16(12)19-10-18-15/h1-3,8-10H,4-7H2. The Balaban J connectivity index is 1.52. The zero-order valence-corrected chi connectivity index (χ0v) is 15.5. The fraction of sp³-hybridized carbons (Fsp3) is 0.250. The highest BCUT2D eigenvalue weighted by Crippen LogP contribution is 2.32. The van der Waals surface area contributed by atoms with Gasteiger partial charge in [0.05, 0.1) is 16.0 Å². The molecule has 1 aliphatic heterocycles. The molecule has 3 heterocycles. The summed E-state index contributed by atoms with van der Waals surface area (Å²) in [5, 5.41) is 14.0. The lowest BCUT2D eigenvalue weighted by Crippen LogP contribution is -2.47. The molecule has 0 amide bonds. The molecule has 3 aromatic rings. The van der Waals surface area contributed by atoms with Gasteiger partial charge in [-0.3, -0.25) is 10.1 Å². The number of thiophene rings is 1. The number of nitrogens with zero attached hydrogens (tertiary/aromatic N) is 5. The van der Waals surface area contributed by atoms with Gasteiger partial charge in [-0.1, -0.05) is 0 Å². The number of piperazine rings is 1. The summed E-state index contributed by atoms with van der Waals surface area (Å²) in [6, 6.07) is 6.97. The number of aromatic nitrogens is 2. The van der Waals surface area contributed by atoms with E-state index in [4.69, 9.17) is 0 Å². The van der Waals surface area contributed by atoms with Gasteiger partial charge in [0.25, 0.3) is 5.69 Å². The lowest BCUT2D eigenvalue weighted by Gasteiger charge is -2.37. The third-order valence-electron chi connectivity index (χ3n) is 4.30. The van der Waals surface area contributed by atoms with Crippen LogP contribution in [0.2, 0.25) is 0 Å². The summed E-state index contributed by atoms with van der Waals surface area (Å²) >= 11 is 5.08. The van der Waals surface area contributed by atoms with Crippen molar-refractivity contribution in [2.24, 2.45) is 0 Å². The van der Waals surface area contributed by atoms with E-state index in [2.05, 4.69) is 41.8 Å². The first kappa shape index (κ1) is 16.2. The van der Waals surface area contributed by atoms with Crippen molar-refractivity contribution in [2.75, 3.05) is 36.0 Å². The van der Waals surface area contributed by atoms with Crippen LogP contribution in [0.4, 0.5) is 17.2 Å². The van der Waals surface area contributed by atoms with Crippen molar-refractivity contribution in [2.45, 2.75) is 0 Å². The van der Waals surface area contributed by atoms with Crippen molar-refractivity contribution >= 4 is 54.7 Å². The number of nitro groups is 1. The molecule has 0 radical (unpaired) electrons. The van der Waals surface area contributed by atoms with Gasteiger partial charge < -0.3 is 9.80 Å². The van der Waals surface area contributed by atoms with Crippen LogP contribution in [0.15, 0.2) is 40.4 Å². The minimum atomic E-state index is -0.381. The van der Waals surface area contributed by atoms with Crippen molar-refractivity contribution in [3.63, 3.8) is 0 Å². The van der Waals surface area contributed by atoms with E-state index in [1.165, 1.54) is 0 Å². The third kappa shape index (κ3) is 3.05. The van der Waals surface area contributed by atoms with Gasteiger partial charge in [0.2, 0.25) is 0 Å². The van der Waals surface area contributed by atoms with E-state index in [-0.39, 0.29) is 10.6 Å². The zero-order chi connectivity index (χ0) is 17.4. The minimum Gasteiger partial charge on any atom is -0.367 e. The van der Waals surface area contributed by atoms with E-state index in [9.17, 15) is 10.1 Å². The molecule has 9 heteroatoms. The number of hydrogen-bond acceptors (Lipinski definition) is 7. The monoisotopic (exact) mass is 419 g/mol. The Bertz CT molecular complexity index is 939. The number of nitro benzene ring substituents is 1. The second kappa shape index (κ2) is 6.57. The van der Waals surface area contributed by atoms with Crippen LogP contribution in [-0.4, -0.2) is 41.1 Å². The number of rotatable bonds is 3. The smallest absolute Gasteiger partial charge is 0.270 e. The highest BCUT2D eigenvalue weighted by atomic mass is 79.9. The molecular weight excluding hydrogens is 406 g/mol. The molecule has 0 N–H and O–H groups in total. The summed E-state index contributed by atoms with van der Waals surface area (Å²) in [5.74, 6) is 0.980. The molecule has 2 aromatic heterocycles. The first-order valence-electron chi connectivity index (χ1n) is 7.75. The van der Waals surface area contributed by atoms with E-state index in [0.717, 1.165) is 52.4 Å². The van der Waals surface area contributed by atoms with E-state index in [1.54, 1.807) is 35.9 Å². The molecular formula is C16H14BrN5O2S. The number of fused-ring (bicyclic) bond motifs is 1. The summed E-state index contributed by atoms with van der Waals surface area (Å²) in [5.41, 5.74) is 1.07. The number of halogens is 1. The number of non-ortho nitro benzene ring substituents is 1. The van der Waals surface area contributed by atoms with Gasteiger partial charge in [0.1, 0.15) is 17.0 Å². The van der Waals surface area contributed by atoms with Gasteiger partial charge in [-0.25, -0.2) is 9.97 Å². The molecule has 1 saturated heterocycles. The van der Waals surface area contributed by atoms with Gasteiger partial charge in [-0.2, -0.15) is 0 Å². The van der Waals surface area contributed by atoms with Crippen LogP contribution >= 0.6 is 27.3 Å². The Hall–Kier alpha value is -2.26. The molecule has 0 saturated carbocycles. The maximum atomic E-state index is 10.9. The summed E-state index contributed by atoms with van der Waals surface area (Å²) in [7, 11) is 0. The van der Waals surface area contributed by atoms with Crippen LogP contribution < -0.4 is 9.80 Å². The van der Waals surface area contributed by atoms with Crippen molar-refractivity contribution in [3.8, 4) is 0 Å². The molecule has 128 valence electrons. The first-order chi connectivity index (χ1) is 12.1. The van der Waals surface area contributed by atoms with E-state index >= 15 is 0 Å². The van der Waals surface area contributed by atoms with Gasteiger partial charge in [-0.05, 0) is 33.4 Å². The molecule has 0 atom stereocenters. The molecule has 25 heavy (non-hydrogen) atoms. The summed E-state index contributed by atoms with van der Waals surface area (Å²) in [6.45, 7) is 3.33. The number of anilines is 2. The second-order valence-electron chi connectivity index (χ2n) is 5.70. The molecule has 7 nitrogen and oxygen atoms in total. The predicted molar refractivity (Wildman–Crippen MR) is 103 cm³/mol. The Morgan fingerprint density at radius 3 is 2.60 bits per heavy atom. The van der Waals surface area contributed by atoms with Crippen LogP contribution in [0.3, 0.4) is 0 Å². The fourth-order valence-corrected chi connectivity index (χ4v) is 4.40. The summed E-state index contributed by atoms with van der Waals surface area (Å²) in [6.07, 6.45) is 1.62. The molecule has 1 fully saturated rings. The quantitative estimate of drug-likeness (QED) is 0.475. The molecule has 0 bridgehead atoms. The van der Waals surface area contributed by atoms with Crippen LogP contribution in [0.1, 0.15) is 0 Å². The van der Waals surface area contributed by atoms with Gasteiger partial charge in [0.15, 0.2) is 0 Å².